The fraction of sp³-hybridized carbons (Fsp3) is 0.571. The topological polar surface area (TPSA) is 9.23 Å². The van der Waals surface area contributed by atoms with Crippen LogP contribution in [-0.4, -0.2) is 24.4 Å². The smallest absolute Gasteiger partial charge is 0.118 e. The summed E-state index contributed by atoms with van der Waals surface area (Å²) >= 11 is 5.56. The summed E-state index contributed by atoms with van der Waals surface area (Å²) in [6.45, 7) is 0. The van der Waals surface area contributed by atoms with Gasteiger partial charge in [0, 0.05) is 5.33 Å². The van der Waals surface area contributed by atoms with Crippen LogP contribution in [0.25, 0.3) is 0 Å². The first-order chi connectivity index (χ1) is 8.30. The maximum absolute atomic E-state index is 5.17. The minimum absolute atomic E-state index is 0.746. The maximum Gasteiger partial charge on any atom is 0.118 e. The van der Waals surface area contributed by atoms with Gasteiger partial charge in [-0.3, -0.25) is 0 Å². The summed E-state index contributed by atoms with van der Waals surface area (Å²) in [6, 6.07) is 8.43. The first kappa shape index (κ1) is 14.9. The number of halogens is 1. The van der Waals surface area contributed by atoms with Gasteiger partial charge < -0.3 is 4.74 Å². The highest BCUT2D eigenvalue weighted by Gasteiger charge is 2.08. The molecule has 0 aliphatic heterocycles. The Labute approximate surface area is 117 Å². The van der Waals surface area contributed by atoms with Crippen LogP contribution in [0.15, 0.2) is 24.3 Å². The summed E-state index contributed by atoms with van der Waals surface area (Å²) in [5.41, 5.74) is 1.40. The van der Waals surface area contributed by atoms with Crippen molar-refractivity contribution in [2.45, 2.75) is 19.3 Å². The number of methoxy groups -OCH3 is 1. The van der Waals surface area contributed by atoms with Gasteiger partial charge in [-0.25, -0.2) is 0 Å². The van der Waals surface area contributed by atoms with Crippen molar-refractivity contribution in [1.29, 1.82) is 0 Å². The molecule has 0 saturated carbocycles. The molecule has 0 bridgehead atoms. The van der Waals surface area contributed by atoms with Gasteiger partial charge in [-0.1, -0.05) is 28.1 Å². The monoisotopic (exact) mass is 316 g/mol. The second kappa shape index (κ2) is 8.87. The van der Waals surface area contributed by atoms with Crippen LogP contribution in [0.3, 0.4) is 0 Å². The summed E-state index contributed by atoms with van der Waals surface area (Å²) in [6.07, 6.45) is 5.95. The Morgan fingerprint density at radius 3 is 2.53 bits per heavy atom. The van der Waals surface area contributed by atoms with Crippen molar-refractivity contribution in [2.24, 2.45) is 5.92 Å². The van der Waals surface area contributed by atoms with Crippen LogP contribution in [0.5, 0.6) is 5.75 Å². The number of alkyl halides is 1. The lowest BCUT2D eigenvalue weighted by molar-refractivity contribution is 0.414. The van der Waals surface area contributed by atoms with E-state index in [-0.39, 0.29) is 0 Å². The number of thioether (sulfide) groups is 1. The SMILES string of the molecule is COc1ccc(CC(CBr)CCCSC)cc1. The second-order valence-electron chi connectivity index (χ2n) is 4.21. The fourth-order valence-electron chi connectivity index (χ4n) is 1.85. The van der Waals surface area contributed by atoms with E-state index < -0.39 is 0 Å². The predicted molar refractivity (Wildman–Crippen MR) is 81.6 cm³/mol. The zero-order valence-electron chi connectivity index (χ0n) is 10.6. The van der Waals surface area contributed by atoms with E-state index >= 15 is 0 Å². The quantitative estimate of drug-likeness (QED) is 0.519. The molecule has 0 aromatic heterocycles. The van der Waals surface area contributed by atoms with Crippen molar-refractivity contribution >= 4 is 27.7 Å². The van der Waals surface area contributed by atoms with Crippen LogP contribution in [0, 0.1) is 5.92 Å². The first-order valence-electron chi connectivity index (χ1n) is 5.98. The zero-order chi connectivity index (χ0) is 12.5. The number of ether oxygens (including phenoxy) is 1. The molecule has 0 saturated heterocycles. The molecule has 0 N–H and O–H groups in total. The lowest BCUT2D eigenvalue weighted by Crippen LogP contribution is -2.06. The average Bonchev–Trinajstić information content (AvgIpc) is 2.38. The molecule has 0 amide bonds. The van der Waals surface area contributed by atoms with E-state index in [4.69, 9.17) is 4.74 Å². The molecule has 0 fully saturated rings. The largest absolute Gasteiger partial charge is 0.497 e. The van der Waals surface area contributed by atoms with E-state index in [9.17, 15) is 0 Å². The molecule has 1 unspecified atom stereocenters. The van der Waals surface area contributed by atoms with Crippen LogP contribution in [-0.2, 0) is 6.42 Å². The Kier molecular flexibility index (Phi) is 7.78. The lowest BCUT2D eigenvalue weighted by atomic mass is 9.97. The molecule has 1 aromatic rings. The van der Waals surface area contributed by atoms with Crippen LogP contribution < -0.4 is 4.74 Å². The van der Waals surface area contributed by atoms with Gasteiger partial charge in [-0.05, 0) is 54.9 Å². The number of hydrogen-bond donors (Lipinski definition) is 0. The standard InChI is InChI=1S/C14H21BrOS/c1-16-14-7-5-12(6-8-14)10-13(11-15)4-3-9-17-2/h5-8,13H,3-4,9-11H2,1-2H3. The Bertz CT molecular complexity index is 300. The van der Waals surface area contributed by atoms with E-state index in [0.29, 0.717) is 0 Å². The number of benzene rings is 1. The van der Waals surface area contributed by atoms with Crippen molar-refractivity contribution in [1.82, 2.24) is 0 Å². The molecule has 0 radical (unpaired) electrons. The fourth-order valence-corrected chi connectivity index (χ4v) is 2.85. The Morgan fingerprint density at radius 1 is 1.29 bits per heavy atom. The summed E-state index contributed by atoms with van der Waals surface area (Å²) in [5.74, 6) is 2.95. The molecule has 3 heteroatoms. The van der Waals surface area contributed by atoms with Gasteiger partial charge in [0.2, 0.25) is 0 Å². The van der Waals surface area contributed by atoms with Gasteiger partial charge in [0.05, 0.1) is 7.11 Å². The van der Waals surface area contributed by atoms with Gasteiger partial charge in [0.1, 0.15) is 5.75 Å². The van der Waals surface area contributed by atoms with Crippen molar-refractivity contribution < 1.29 is 4.74 Å². The summed E-state index contributed by atoms with van der Waals surface area (Å²) in [4.78, 5) is 0. The summed E-state index contributed by atoms with van der Waals surface area (Å²) in [7, 11) is 1.71. The van der Waals surface area contributed by atoms with E-state index in [1.165, 1.54) is 24.2 Å². The highest BCUT2D eigenvalue weighted by atomic mass is 79.9. The van der Waals surface area contributed by atoms with Crippen LogP contribution in [0.1, 0.15) is 18.4 Å². The highest BCUT2D eigenvalue weighted by molar-refractivity contribution is 9.09. The summed E-state index contributed by atoms with van der Waals surface area (Å²) < 4.78 is 5.17. The van der Waals surface area contributed by atoms with E-state index in [2.05, 4.69) is 34.3 Å². The average molecular weight is 317 g/mol. The first-order valence-corrected chi connectivity index (χ1v) is 8.49. The molecule has 0 aliphatic carbocycles. The zero-order valence-corrected chi connectivity index (χ0v) is 13.0. The van der Waals surface area contributed by atoms with Crippen molar-refractivity contribution in [3.63, 3.8) is 0 Å². The lowest BCUT2D eigenvalue weighted by Gasteiger charge is -2.14. The molecule has 17 heavy (non-hydrogen) atoms. The molecule has 1 rings (SSSR count). The van der Waals surface area contributed by atoms with Crippen molar-refractivity contribution in [2.75, 3.05) is 24.4 Å². The molecule has 1 aromatic carbocycles. The molecular formula is C14H21BrOS. The van der Waals surface area contributed by atoms with Gasteiger partial charge in [-0.2, -0.15) is 11.8 Å². The third-order valence-electron chi connectivity index (χ3n) is 2.86. The maximum atomic E-state index is 5.17. The Morgan fingerprint density at radius 2 is 2.00 bits per heavy atom. The van der Waals surface area contributed by atoms with E-state index in [0.717, 1.165) is 23.4 Å². The van der Waals surface area contributed by atoms with Crippen LogP contribution in [0.4, 0.5) is 0 Å². The summed E-state index contributed by atoms with van der Waals surface area (Å²) in [5, 5.41) is 1.09. The third kappa shape index (κ3) is 5.82. The van der Waals surface area contributed by atoms with Crippen molar-refractivity contribution in [3.05, 3.63) is 29.8 Å². The molecule has 0 spiro atoms. The predicted octanol–water partition coefficient (Wildman–Crippen LogP) is 4.39. The van der Waals surface area contributed by atoms with Crippen LogP contribution in [0.2, 0.25) is 0 Å². The Balaban J connectivity index is 2.43. The van der Waals surface area contributed by atoms with Gasteiger partial charge in [0.25, 0.3) is 0 Å². The third-order valence-corrected chi connectivity index (χ3v) is 4.48. The molecule has 1 nitrogen and oxygen atoms in total. The molecule has 96 valence electrons. The van der Waals surface area contributed by atoms with E-state index in [1.807, 2.05) is 23.9 Å². The van der Waals surface area contributed by atoms with Crippen molar-refractivity contribution in [3.8, 4) is 5.75 Å². The minimum Gasteiger partial charge on any atom is -0.497 e. The van der Waals surface area contributed by atoms with Gasteiger partial charge in [-0.15, -0.1) is 0 Å². The molecule has 1 atom stereocenters. The van der Waals surface area contributed by atoms with E-state index in [1.54, 1.807) is 7.11 Å². The second-order valence-corrected chi connectivity index (χ2v) is 5.84. The Hall–Kier alpha value is -0.150. The number of rotatable bonds is 8. The molecular weight excluding hydrogens is 296 g/mol. The normalized spacial score (nSPS) is 12.4. The molecule has 0 aliphatic rings. The number of hydrogen-bond acceptors (Lipinski definition) is 2. The molecule has 0 heterocycles. The van der Waals surface area contributed by atoms with Gasteiger partial charge in [0.15, 0.2) is 0 Å². The highest BCUT2D eigenvalue weighted by Crippen LogP contribution is 2.19. The van der Waals surface area contributed by atoms with Gasteiger partial charge >= 0.3 is 0 Å². The van der Waals surface area contributed by atoms with Crippen LogP contribution >= 0.6 is 27.7 Å². The minimum atomic E-state index is 0.746.